The molecule has 0 N–H and O–H groups in total. The van der Waals surface area contributed by atoms with Gasteiger partial charge < -0.3 is 0 Å². The van der Waals surface area contributed by atoms with E-state index in [1.165, 1.54) is 6.33 Å². The maximum atomic E-state index is 3.67. The van der Waals surface area contributed by atoms with E-state index in [1.807, 2.05) is 41.5 Å². The molecule has 0 bridgehead atoms. The minimum Gasteiger partial charge on any atom is -0.245 e. The van der Waals surface area contributed by atoms with Crippen LogP contribution in [0.4, 0.5) is 0 Å². The molecular weight excluding hydrogens is 148 g/mol. The summed E-state index contributed by atoms with van der Waals surface area (Å²) in [5.41, 5.74) is 0. The lowest BCUT2D eigenvalue weighted by Crippen LogP contribution is -1.66. The van der Waals surface area contributed by atoms with Crippen LogP contribution >= 0.6 is 0 Å². The second-order valence-corrected chi connectivity index (χ2v) is 0.904. The lowest BCUT2D eigenvalue weighted by atomic mass is 10.7. The van der Waals surface area contributed by atoms with E-state index in [9.17, 15) is 0 Å². The van der Waals surface area contributed by atoms with Crippen LogP contribution < -0.4 is 0 Å². The molecule has 2 heteroatoms. The lowest BCUT2D eigenvalue weighted by Gasteiger charge is -1.70. The highest BCUT2D eigenvalue weighted by Gasteiger charge is 1.59. The van der Waals surface area contributed by atoms with Crippen molar-refractivity contribution in [3.05, 3.63) is 24.8 Å². The van der Waals surface area contributed by atoms with E-state index in [-0.39, 0.29) is 0 Å². The molecule has 0 aliphatic rings. The van der Waals surface area contributed by atoms with Crippen molar-refractivity contribution in [2.24, 2.45) is 0 Å². The second kappa shape index (κ2) is 32.2. The van der Waals surface area contributed by atoms with Crippen LogP contribution in [0.5, 0.6) is 0 Å². The van der Waals surface area contributed by atoms with Gasteiger partial charge in [-0.3, -0.25) is 0 Å². The molecule has 0 atom stereocenters. The summed E-state index contributed by atoms with van der Waals surface area (Å²) >= 11 is 0. The molecule has 1 aromatic rings. The van der Waals surface area contributed by atoms with Crippen molar-refractivity contribution in [3.8, 4) is 0 Å². The molecule has 2 nitrogen and oxygen atoms in total. The molecule has 1 rings (SSSR count). The fourth-order valence-corrected chi connectivity index (χ4v) is 0.253. The average molecular weight is 170 g/mol. The highest BCUT2D eigenvalue weighted by molar-refractivity contribution is 4.74. The minimum atomic E-state index is 1.50. The third-order valence-electron chi connectivity index (χ3n) is 0.478. The van der Waals surface area contributed by atoms with E-state index in [0.29, 0.717) is 0 Å². The van der Waals surface area contributed by atoms with Crippen molar-refractivity contribution in [2.75, 3.05) is 0 Å². The van der Waals surface area contributed by atoms with Gasteiger partial charge in [-0.1, -0.05) is 41.5 Å². The van der Waals surface area contributed by atoms with Crippen LogP contribution in [0.15, 0.2) is 24.8 Å². The fourth-order valence-electron chi connectivity index (χ4n) is 0.253. The van der Waals surface area contributed by atoms with E-state index >= 15 is 0 Å². The van der Waals surface area contributed by atoms with Gasteiger partial charge in [-0.15, -0.1) is 0 Å². The molecule has 12 heavy (non-hydrogen) atoms. The topological polar surface area (TPSA) is 25.8 Å². The van der Waals surface area contributed by atoms with Crippen molar-refractivity contribution < 1.29 is 0 Å². The lowest BCUT2D eigenvalue weighted by molar-refractivity contribution is 1.17. The number of hydrogen-bond donors (Lipinski definition) is 0. The maximum Gasteiger partial charge on any atom is 0.115 e. The Labute approximate surface area is 77.1 Å². The Kier molecular flexibility index (Phi) is 46.3. The zero-order chi connectivity index (χ0) is 10.2. The molecule has 72 valence electrons. The van der Waals surface area contributed by atoms with Crippen LogP contribution in [-0.4, -0.2) is 9.97 Å². The second-order valence-electron chi connectivity index (χ2n) is 0.904. The molecule has 0 aliphatic carbocycles. The van der Waals surface area contributed by atoms with Gasteiger partial charge in [-0.2, -0.15) is 0 Å². The number of rotatable bonds is 0. The Morgan fingerprint density at radius 2 is 1.00 bits per heavy atom. The zero-order valence-corrected chi connectivity index (χ0v) is 9.20. The van der Waals surface area contributed by atoms with Crippen LogP contribution in [0.1, 0.15) is 41.5 Å². The van der Waals surface area contributed by atoms with Crippen molar-refractivity contribution in [2.45, 2.75) is 41.5 Å². The maximum absolute atomic E-state index is 3.67. The van der Waals surface area contributed by atoms with Gasteiger partial charge in [0.15, 0.2) is 0 Å². The molecule has 0 spiro atoms. The van der Waals surface area contributed by atoms with Crippen molar-refractivity contribution >= 4 is 0 Å². The Morgan fingerprint density at radius 3 is 1.08 bits per heavy atom. The summed E-state index contributed by atoms with van der Waals surface area (Å²) in [4.78, 5) is 7.35. The molecule has 0 saturated carbocycles. The van der Waals surface area contributed by atoms with E-state index in [4.69, 9.17) is 0 Å². The fraction of sp³-hybridized carbons (Fsp3) is 0.600. The van der Waals surface area contributed by atoms with Gasteiger partial charge in [0, 0.05) is 12.4 Å². The van der Waals surface area contributed by atoms with E-state index in [1.54, 1.807) is 18.5 Å². The molecule has 1 aromatic heterocycles. The average Bonchev–Trinajstić information content (AvgIpc) is 2.29. The summed E-state index contributed by atoms with van der Waals surface area (Å²) in [5.74, 6) is 0. The Morgan fingerprint density at radius 1 is 0.667 bits per heavy atom. The van der Waals surface area contributed by atoms with Crippen LogP contribution in [0.25, 0.3) is 0 Å². The van der Waals surface area contributed by atoms with Gasteiger partial charge in [-0.25, -0.2) is 9.97 Å². The first-order valence-electron chi connectivity index (χ1n) is 4.70. The molecule has 0 amide bonds. The van der Waals surface area contributed by atoms with Gasteiger partial charge in [0.05, 0.1) is 0 Å². The minimum absolute atomic E-state index is 1.50. The first-order valence-corrected chi connectivity index (χ1v) is 4.70. The molecule has 0 fully saturated rings. The van der Waals surface area contributed by atoms with Crippen LogP contribution in [0.2, 0.25) is 0 Å². The number of nitrogens with zero attached hydrogens (tertiary/aromatic N) is 2. The predicted octanol–water partition coefficient (Wildman–Crippen LogP) is 3.56. The smallest absolute Gasteiger partial charge is 0.115 e. The molecule has 0 aliphatic heterocycles. The third-order valence-corrected chi connectivity index (χ3v) is 0.478. The first-order chi connectivity index (χ1) is 6.00. The van der Waals surface area contributed by atoms with Crippen LogP contribution in [0, 0.1) is 0 Å². The van der Waals surface area contributed by atoms with Crippen LogP contribution in [-0.2, 0) is 0 Å². The van der Waals surface area contributed by atoms with E-state index < -0.39 is 0 Å². The summed E-state index contributed by atoms with van der Waals surface area (Å²) in [6.45, 7) is 12.0. The highest BCUT2D eigenvalue weighted by Crippen LogP contribution is 1.66. The first kappa shape index (κ1) is 17.2. The summed E-state index contributed by atoms with van der Waals surface area (Å²) in [7, 11) is 0. The van der Waals surface area contributed by atoms with E-state index in [2.05, 4.69) is 9.97 Å². The highest BCUT2D eigenvalue weighted by atomic mass is 14.8. The summed E-state index contributed by atoms with van der Waals surface area (Å²) in [6.07, 6.45) is 4.88. The van der Waals surface area contributed by atoms with Gasteiger partial charge >= 0.3 is 0 Å². The molecular formula is C10H22N2. The molecule has 0 aromatic carbocycles. The predicted molar refractivity (Wildman–Crippen MR) is 56.1 cm³/mol. The van der Waals surface area contributed by atoms with Crippen molar-refractivity contribution in [1.82, 2.24) is 9.97 Å². The Balaban J connectivity index is -0.000000117. The molecule has 0 unspecified atom stereocenters. The van der Waals surface area contributed by atoms with E-state index in [0.717, 1.165) is 0 Å². The van der Waals surface area contributed by atoms with Gasteiger partial charge in [0.1, 0.15) is 6.33 Å². The van der Waals surface area contributed by atoms with Crippen molar-refractivity contribution in [1.29, 1.82) is 0 Å². The number of aromatic nitrogens is 2. The SMILES string of the molecule is CC.CC.CC.c1cncnc1. The van der Waals surface area contributed by atoms with Crippen LogP contribution in [0.3, 0.4) is 0 Å². The summed E-state index contributed by atoms with van der Waals surface area (Å²) in [5, 5.41) is 0. The van der Waals surface area contributed by atoms with Crippen molar-refractivity contribution in [3.63, 3.8) is 0 Å². The Hall–Kier alpha value is -0.920. The monoisotopic (exact) mass is 170 g/mol. The zero-order valence-electron chi connectivity index (χ0n) is 9.20. The molecule has 0 saturated heterocycles. The standard InChI is InChI=1S/C4H4N2.3C2H6/c1-2-5-4-6-3-1;3*1-2/h1-4H;3*1-2H3. The summed E-state index contributed by atoms with van der Waals surface area (Å²) in [6, 6.07) is 1.78. The Bertz CT molecular complexity index is 79.8. The summed E-state index contributed by atoms with van der Waals surface area (Å²) < 4.78 is 0. The number of hydrogen-bond acceptors (Lipinski definition) is 2. The van der Waals surface area contributed by atoms with Gasteiger partial charge in [0.2, 0.25) is 0 Å². The van der Waals surface area contributed by atoms with Gasteiger partial charge in [-0.05, 0) is 6.07 Å². The molecule has 1 heterocycles. The van der Waals surface area contributed by atoms with Gasteiger partial charge in [0.25, 0.3) is 0 Å². The molecule has 0 radical (unpaired) electrons. The third kappa shape index (κ3) is 23.0. The quantitative estimate of drug-likeness (QED) is 0.595. The normalized spacial score (nSPS) is 5.50. The largest absolute Gasteiger partial charge is 0.245 e.